The molecule has 0 unspecified atom stereocenters. The Labute approximate surface area is 135 Å². The van der Waals surface area contributed by atoms with Gasteiger partial charge in [0.2, 0.25) is 5.91 Å². The van der Waals surface area contributed by atoms with Crippen LogP contribution in [0.15, 0.2) is 34.2 Å². The highest BCUT2D eigenvalue weighted by Crippen LogP contribution is 2.21. The zero-order valence-electron chi connectivity index (χ0n) is 13.9. The molecule has 2 rings (SSSR count). The largest absolute Gasteiger partial charge is 0.302 e. The van der Waals surface area contributed by atoms with Gasteiger partial charge in [0.1, 0.15) is 0 Å². The molecule has 0 radical (unpaired) electrons. The summed E-state index contributed by atoms with van der Waals surface area (Å²) in [6.07, 6.45) is 1.57. The van der Waals surface area contributed by atoms with Crippen LogP contribution in [0.5, 0.6) is 0 Å². The van der Waals surface area contributed by atoms with E-state index in [4.69, 9.17) is 0 Å². The molecule has 0 bridgehead atoms. The topological polar surface area (TPSA) is 90.1 Å². The molecular formula is C17H22N4O2. The Morgan fingerprint density at radius 1 is 1.22 bits per heavy atom. The Balaban J connectivity index is 1.94. The zero-order chi connectivity index (χ0) is 17.0. The van der Waals surface area contributed by atoms with E-state index < -0.39 is 0 Å². The third kappa shape index (κ3) is 4.42. The molecule has 0 aliphatic rings. The maximum atomic E-state index is 11.8. The van der Waals surface area contributed by atoms with Crippen molar-refractivity contribution in [3.8, 4) is 0 Å². The lowest BCUT2D eigenvalue weighted by Crippen LogP contribution is -2.23. The summed E-state index contributed by atoms with van der Waals surface area (Å²) in [7, 11) is 0. The predicted molar refractivity (Wildman–Crippen MR) is 90.7 cm³/mol. The quantitative estimate of drug-likeness (QED) is 0.595. The van der Waals surface area contributed by atoms with E-state index in [1.807, 2.05) is 24.3 Å². The van der Waals surface area contributed by atoms with E-state index in [2.05, 4.69) is 41.5 Å². The van der Waals surface area contributed by atoms with Crippen molar-refractivity contribution in [3.05, 3.63) is 57.0 Å². The smallest absolute Gasteiger partial charge is 0.267 e. The molecule has 1 aromatic carbocycles. The van der Waals surface area contributed by atoms with Crippen molar-refractivity contribution in [2.24, 2.45) is 5.10 Å². The van der Waals surface area contributed by atoms with Gasteiger partial charge in [0.25, 0.3) is 5.56 Å². The second kappa shape index (κ2) is 6.64. The van der Waals surface area contributed by atoms with Gasteiger partial charge in [0.05, 0.1) is 12.6 Å². The average Bonchev–Trinajstić information content (AvgIpc) is 2.79. The SMILES string of the molecule is Cc1[nH][nH]c(=O)c1CC(=O)N/N=C\c1ccc(C(C)(C)C)cc1. The van der Waals surface area contributed by atoms with Crippen LogP contribution in [0, 0.1) is 6.92 Å². The summed E-state index contributed by atoms with van der Waals surface area (Å²) in [4.78, 5) is 23.3. The minimum absolute atomic E-state index is 0.00896. The number of nitrogens with zero attached hydrogens (tertiary/aromatic N) is 1. The molecule has 1 aromatic heterocycles. The Bertz CT molecular complexity index is 761. The molecule has 23 heavy (non-hydrogen) atoms. The second-order valence-corrected chi connectivity index (χ2v) is 6.52. The van der Waals surface area contributed by atoms with Crippen molar-refractivity contribution < 1.29 is 4.79 Å². The monoisotopic (exact) mass is 314 g/mol. The van der Waals surface area contributed by atoms with Crippen molar-refractivity contribution >= 4 is 12.1 Å². The van der Waals surface area contributed by atoms with Crippen LogP contribution < -0.4 is 11.0 Å². The van der Waals surface area contributed by atoms with Gasteiger partial charge < -0.3 is 5.10 Å². The molecule has 0 saturated carbocycles. The van der Waals surface area contributed by atoms with Gasteiger partial charge in [-0.25, -0.2) is 5.43 Å². The summed E-state index contributed by atoms with van der Waals surface area (Å²) in [6.45, 7) is 8.20. The summed E-state index contributed by atoms with van der Waals surface area (Å²) in [5, 5.41) is 9.05. The minimum atomic E-state index is -0.333. The minimum Gasteiger partial charge on any atom is -0.302 e. The summed E-state index contributed by atoms with van der Waals surface area (Å²) in [5.74, 6) is -0.333. The number of nitrogens with one attached hydrogen (secondary N) is 3. The van der Waals surface area contributed by atoms with Crippen LogP contribution in [0.25, 0.3) is 0 Å². The molecule has 6 heteroatoms. The number of rotatable bonds is 4. The molecule has 0 aliphatic heterocycles. The fourth-order valence-electron chi connectivity index (χ4n) is 2.13. The van der Waals surface area contributed by atoms with Crippen LogP contribution in [-0.2, 0) is 16.6 Å². The van der Waals surface area contributed by atoms with Gasteiger partial charge in [-0.1, -0.05) is 45.0 Å². The Morgan fingerprint density at radius 3 is 2.39 bits per heavy atom. The number of aryl methyl sites for hydroxylation is 1. The fourth-order valence-corrected chi connectivity index (χ4v) is 2.13. The van der Waals surface area contributed by atoms with Crippen LogP contribution in [0.4, 0.5) is 0 Å². The summed E-state index contributed by atoms with van der Waals surface area (Å²) < 4.78 is 0. The number of amides is 1. The molecule has 0 aliphatic carbocycles. The highest BCUT2D eigenvalue weighted by Gasteiger charge is 2.12. The van der Waals surface area contributed by atoms with E-state index in [1.54, 1.807) is 13.1 Å². The predicted octanol–water partition coefficient (Wildman–Crippen LogP) is 2.00. The maximum absolute atomic E-state index is 11.8. The van der Waals surface area contributed by atoms with Crippen molar-refractivity contribution in [2.75, 3.05) is 0 Å². The summed E-state index contributed by atoms with van der Waals surface area (Å²) in [5.41, 5.74) is 5.47. The second-order valence-electron chi connectivity index (χ2n) is 6.52. The molecule has 2 aromatic rings. The van der Waals surface area contributed by atoms with Gasteiger partial charge >= 0.3 is 0 Å². The van der Waals surface area contributed by atoms with Gasteiger partial charge in [-0.05, 0) is 23.5 Å². The van der Waals surface area contributed by atoms with Gasteiger partial charge in [-0.3, -0.25) is 14.7 Å². The van der Waals surface area contributed by atoms with Crippen LogP contribution >= 0.6 is 0 Å². The molecule has 0 spiro atoms. The molecule has 122 valence electrons. The Morgan fingerprint density at radius 2 is 1.87 bits per heavy atom. The molecule has 1 amide bonds. The molecule has 0 atom stereocenters. The van der Waals surface area contributed by atoms with Crippen LogP contribution in [0.2, 0.25) is 0 Å². The van der Waals surface area contributed by atoms with Gasteiger partial charge in [0, 0.05) is 11.3 Å². The Kier molecular flexibility index (Phi) is 4.83. The van der Waals surface area contributed by atoms with E-state index in [9.17, 15) is 9.59 Å². The van der Waals surface area contributed by atoms with E-state index in [0.29, 0.717) is 11.3 Å². The standard InChI is InChI=1S/C17H22N4O2/c1-11-14(16(23)21-19-11)9-15(22)20-18-10-12-5-7-13(8-6-12)17(2,3)4/h5-8,10H,9H2,1-4H3,(H,20,22)(H2,19,21,23)/b18-10-. The fraction of sp³-hybridized carbons (Fsp3) is 0.353. The first-order valence-corrected chi connectivity index (χ1v) is 7.46. The van der Waals surface area contributed by atoms with E-state index in [-0.39, 0.29) is 23.3 Å². The first-order chi connectivity index (χ1) is 10.8. The molecule has 0 saturated heterocycles. The zero-order valence-corrected chi connectivity index (χ0v) is 13.9. The third-order valence-corrected chi connectivity index (χ3v) is 3.61. The van der Waals surface area contributed by atoms with Gasteiger partial charge in [-0.2, -0.15) is 5.10 Å². The first kappa shape index (κ1) is 16.7. The van der Waals surface area contributed by atoms with Crippen LogP contribution in [0.1, 0.15) is 43.2 Å². The van der Waals surface area contributed by atoms with Crippen LogP contribution in [-0.4, -0.2) is 22.3 Å². The number of hydrogen-bond donors (Lipinski definition) is 3. The van der Waals surface area contributed by atoms with Gasteiger partial charge in [0.15, 0.2) is 0 Å². The lowest BCUT2D eigenvalue weighted by Gasteiger charge is -2.18. The summed E-state index contributed by atoms with van der Waals surface area (Å²) >= 11 is 0. The highest BCUT2D eigenvalue weighted by atomic mass is 16.2. The molecule has 3 N–H and O–H groups in total. The number of aromatic nitrogens is 2. The molecule has 1 heterocycles. The van der Waals surface area contributed by atoms with Crippen LogP contribution in [0.3, 0.4) is 0 Å². The lowest BCUT2D eigenvalue weighted by molar-refractivity contribution is -0.120. The van der Waals surface area contributed by atoms with E-state index in [1.165, 1.54) is 5.56 Å². The lowest BCUT2D eigenvalue weighted by atomic mass is 9.87. The third-order valence-electron chi connectivity index (χ3n) is 3.61. The number of carbonyl (C=O) groups excluding carboxylic acids is 1. The number of carbonyl (C=O) groups is 1. The number of H-pyrrole nitrogens is 2. The van der Waals surface area contributed by atoms with Gasteiger partial charge in [-0.15, -0.1) is 0 Å². The molecular weight excluding hydrogens is 292 g/mol. The highest BCUT2D eigenvalue weighted by molar-refractivity contribution is 5.83. The first-order valence-electron chi connectivity index (χ1n) is 7.46. The maximum Gasteiger partial charge on any atom is 0.267 e. The number of aromatic amines is 2. The summed E-state index contributed by atoms with van der Waals surface area (Å²) in [6, 6.07) is 8.01. The molecule has 0 fully saturated rings. The Hall–Kier alpha value is -2.63. The number of benzene rings is 1. The van der Waals surface area contributed by atoms with E-state index in [0.717, 1.165) is 5.56 Å². The normalized spacial score (nSPS) is 11.8. The van der Waals surface area contributed by atoms with Crippen molar-refractivity contribution in [1.82, 2.24) is 15.6 Å². The van der Waals surface area contributed by atoms with Crippen molar-refractivity contribution in [2.45, 2.75) is 39.5 Å². The molecule has 6 nitrogen and oxygen atoms in total. The average molecular weight is 314 g/mol. The number of hydrogen-bond acceptors (Lipinski definition) is 3. The number of hydrazone groups is 1. The van der Waals surface area contributed by atoms with Crippen molar-refractivity contribution in [1.29, 1.82) is 0 Å². The van der Waals surface area contributed by atoms with E-state index >= 15 is 0 Å². The van der Waals surface area contributed by atoms with Crippen molar-refractivity contribution in [3.63, 3.8) is 0 Å².